The summed E-state index contributed by atoms with van der Waals surface area (Å²) in [6.45, 7) is 0. The SMILES string of the molecule is O=[Si](O)O.[Ca+2].[H+].[Na+]. The summed E-state index contributed by atoms with van der Waals surface area (Å²) < 4.78 is 8.74. The molecule has 0 spiro atoms. The van der Waals surface area contributed by atoms with Crippen LogP contribution in [-0.4, -0.2) is 56.5 Å². The predicted molar refractivity (Wildman–Crippen MR) is 17.7 cm³/mol. The fraction of sp³-hybridized carbons (Fsp3) is 0. The zero-order valence-electron chi connectivity index (χ0n) is 4.51. The van der Waals surface area contributed by atoms with Crippen LogP contribution in [0.3, 0.4) is 0 Å². The zero-order valence-corrected chi connectivity index (χ0v) is 8.72. The van der Waals surface area contributed by atoms with E-state index in [1.165, 1.54) is 0 Å². The van der Waals surface area contributed by atoms with Crippen LogP contribution in [0.25, 0.3) is 0 Å². The van der Waals surface area contributed by atoms with E-state index in [1.54, 1.807) is 0 Å². The molecule has 0 aromatic rings. The maximum atomic E-state index is 8.74. The van der Waals surface area contributed by atoms with Crippen molar-refractivity contribution in [2.75, 3.05) is 0 Å². The van der Waals surface area contributed by atoms with Gasteiger partial charge >= 0.3 is 77.9 Å². The third kappa shape index (κ3) is 39.7. The van der Waals surface area contributed by atoms with Gasteiger partial charge in [0.1, 0.15) is 0 Å². The second-order valence-corrected chi connectivity index (χ2v) is 0.848. The number of hydrogen-bond acceptors (Lipinski definition) is 1. The maximum Gasteiger partial charge on any atom is 2.00 e. The van der Waals surface area contributed by atoms with E-state index >= 15 is 0 Å². The molecule has 0 bridgehead atoms. The first-order valence-corrected chi connectivity index (χ1v) is 1.95. The molecule has 6 heteroatoms. The van der Waals surface area contributed by atoms with Gasteiger partial charge in [-0.3, -0.25) is 4.46 Å². The van der Waals surface area contributed by atoms with Gasteiger partial charge in [0.05, 0.1) is 0 Å². The van der Waals surface area contributed by atoms with Gasteiger partial charge in [0.25, 0.3) is 0 Å². The van der Waals surface area contributed by atoms with E-state index in [1.807, 2.05) is 0 Å². The van der Waals surface area contributed by atoms with Crippen LogP contribution in [-0.2, 0) is 4.46 Å². The van der Waals surface area contributed by atoms with E-state index in [0.29, 0.717) is 0 Å². The Bertz CT molecular complexity index is 37.9. The molecule has 0 aromatic heterocycles. The topological polar surface area (TPSA) is 57.5 Å². The Labute approximate surface area is 90.4 Å². The van der Waals surface area contributed by atoms with Gasteiger partial charge in [0.2, 0.25) is 0 Å². The van der Waals surface area contributed by atoms with Gasteiger partial charge in [-0.15, -0.1) is 0 Å². The van der Waals surface area contributed by atoms with E-state index in [0.717, 1.165) is 0 Å². The Morgan fingerprint density at radius 1 is 1.50 bits per heavy atom. The van der Waals surface area contributed by atoms with Crippen LogP contribution in [0, 0.1) is 0 Å². The van der Waals surface area contributed by atoms with Crippen LogP contribution in [0.1, 0.15) is 1.43 Å². The van der Waals surface area contributed by atoms with E-state index in [9.17, 15) is 0 Å². The summed E-state index contributed by atoms with van der Waals surface area (Å²) in [6.07, 6.45) is 0. The Morgan fingerprint density at radius 3 is 1.50 bits per heavy atom. The minimum Gasteiger partial charge on any atom is -0.511 e. The molecule has 0 atom stereocenters. The molecule has 0 aliphatic heterocycles. The van der Waals surface area contributed by atoms with E-state index in [4.69, 9.17) is 14.1 Å². The fourth-order valence-corrected chi connectivity index (χ4v) is 0. The molecule has 24 valence electrons. The summed E-state index contributed by atoms with van der Waals surface area (Å²) in [6, 6.07) is 0. The molecule has 6 heavy (non-hydrogen) atoms. The number of hydrogen-bond donors (Lipinski definition) is 2. The normalized spacial score (nSPS) is 4.00. The minimum absolute atomic E-state index is 0. The van der Waals surface area contributed by atoms with Crippen molar-refractivity contribution in [3.05, 3.63) is 0 Å². The van der Waals surface area contributed by atoms with Crippen LogP contribution in [0.2, 0.25) is 0 Å². The second-order valence-electron chi connectivity index (χ2n) is 0.283. The molecule has 0 unspecified atom stereocenters. The van der Waals surface area contributed by atoms with Gasteiger partial charge in [0, 0.05) is 0 Å². The monoisotopic (exact) mass is 142 g/mol. The summed E-state index contributed by atoms with van der Waals surface area (Å²) in [4.78, 5) is 14.3. The average Bonchev–Trinajstić information content (AvgIpc) is 0.811. The molecule has 0 radical (unpaired) electrons. The molecule has 3 nitrogen and oxygen atoms in total. The zero-order chi connectivity index (χ0) is 3.58. The molecule has 0 saturated heterocycles. The van der Waals surface area contributed by atoms with Crippen molar-refractivity contribution >= 4 is 46.9 Å². The first kappa shape index (κ1) is 15.7. The fourth-order valence-electron chi connectivity index (χ4n) is 0. The summed E-state index contributed by atoms with van der Waals surface area (Å²) in [5, 5.41) is 0. The second kappa shape index (κ2) is 9.99. The van der Waals surface area contributed by atoms with Gasteiger partial charge in [-0.05, 0) is 0 Å². The number of rotatable bonds is 0. The standard InChI is InChI=1S/Ca.Na.H2O3Si/c;;1-4(2)3/h;;1-2H/q+2;+1;/p+1. The van der Waals surface area contributed by atoms with Crippen molar-refractivity contribution in [1.29, 1.82) is 0 Å². The van der Waals surface area contributed by atoms with Crippen LogP contribution >= 0.6 is 0 Å². The van der Waals surface area contributed by atoms with E-state index in [-0.39, 0.29) is 68.7 Å². The average molecular weight is 142 g/mol. The molecule has 0 aliphatic rings. The molecule has 2 N–H and O–H groups in total. The molecule has 0 heterocycles. The molecular weight excluding hydrogens is 139 g/mol. The summed E-state index contributed by atoms with van der Waals surface area (Å²) in [5.41, 5.74) is 0. The van der Waals surface area contributed by atoms with Crippen molar-refractivity contribution < 1.29 is 45.0 Å². The van der Waals surface area contributed by atoms with Crippen LogP contribution in [0.5, 0.6) is 0 Å². The van der Waals surface area contributed by atoms with Crippen molar-refractivity contribution in [2.24, 2.45) is 0 Å². The van der Waals surface area contributed by atoms with Gasteiger partial charge in [0.15, 0.2) is 0 Å². The molecule has 0 saturated carbocycles. The van der Waals surface area contributed by atoms with Gasteiger partial charge < -0.3 is 9.59 Å². The molecule has 0 fully saturated rings. The predicted octanol–water partition coefficient (Wildman–Crippen LogP) is -4.88. The Kier molecular flexibility index (Phi) is 26.1. The minimum atomic E-state index is -3.13. The van der Waals surface area contributed by atoms with Crippen LogP contribution < -0.4 is 29.6 Å². The van der Waals surface area contributed by atoms with Crippen LogP contribution in [0.15, 0.2) is 0 Å². The first-order chi connectivity index (χ1) is 1.73. The first-order valence-electron chi connectivity index (χ1n) is 0.651. The van der Waals surface area contributed by atoms with Crippen LogP contribution in [0.4, 0.5) is 0 Å². The van der Waals surface area contributed by atoms with Crippen molar-refractivity contribution in [3.63, 3.8) is 0 Å². The maximum absolute atomic E-state index is 8.74. The molecule has 0 aromatic carbocycles. The van der Waals surface area contributed by atoms with E-state index in [2.05, 4.69) is 0 Å². The van der Waals surface area contributed by atoms with Crippen molar-refractivity contribution in [3.8, 4) is 0 Å². The molecule has 0 aliphatic carbocycles. The largest absolute Gasteiger partial charge is 2.00 e. The van der Waals surface area contributed by atoms with E-state index < -0.39 is 9.17 Å². The Hall–Kier alpha value is 1.88. The molecule has 0 amide bonds. The third-order valence-corrected chi connectivity index (χ3v) is 0. The smallest absolute Gasteiger partial charge is 0.511 e. The van der Waals surface area contributed by atoms with Gasteiger partial charge in [-0.25, -0.2) is 0 Å². The third-order valence-electron chi connectivity index (χ3n) is 0. The summed E-state index contributed by atoms with van der Waals surface area (Å²) in [7, 11) is -3.13. The van der Waals surface area contributed by atoms with Gasteiger partial charge in [-0.2, -0.15) is 0 Å². The summed E-state index contributed by atoms with van der Waals surface area (Å²) >= 11 is 0. The summed E-state index contributed by atoms with van der Waals surface area (Å²) in [5.74, 6) is 0. The molecule has 0 rings (SSSR count). The Morgan fingerprint density at radius 2 is 1.50 bits per heavy atom. The van der Waals surface area contributed by atoms with Crippen molar-refractivity contribution in [1.82, 2.24) is 0 Å². The Balaban J connectivity index is -0.0000000150. The van der Waals surface area contributed by atoms with Crippen molar-refractivity contribution in [2.45, 2.75) is 0 Å². The quantitative estimate of drug-likeness (QED) is 0.333. The van der Waals surface area contributed by atoms with Gasteiger partial charge in [-0.1, -0.05) is 0 Å². The molecular formula is H3CaNaO3Si+4.